The van der Waals surface area contributed by atoms with Gasteiger partial charge in [-0.05, 0) is 31.0 Å². The number of alkyl halides is 1. The summed E-state index contributed by atoms with van der Waals surface area (Å²) in [6, 6.07) is 4.93. The Morgan fingerprint density at radius 1 is 1.45 bits per heavy atom. The summed E-state index contributed by atoms with van der Waals surface area (Å²) in [6.07, 6.45) is 1.41. The van der Waals surface area contributed by atoms with Crippen LogP contribution in [0, 0.1) is 0 Å². The van der Waals surface area contributed by atoms with Crippen molar-refractivity contribution < 1.29 is 14.3 Å². The third-order valence-electron chi connectivity index (χ3n) is 3.49. The number of rotatable bonds is 4. The smallest absolute Gasteiger partial charge is 0.255 e. The van der Waals surface area contributed by atoms with E-state index >= 15 is 0 Å². The fourth-order valence-corrected chi connectivity index (χ4v) is 2.71. The number of benzene rings is 1. The normalized spacial score (nSPS) is 17.6. The van der Waals surface area contributed by atoms with Crippen molar-refractivity contribution in [1.82, 2.24) is 5.32 Å². The molecule has 4 nitrogen and oxygen atoms in total. The van der Waals surface area contributed by atoms with Crippen LogP contribution in [0.25, 0.3) is 0 Å². The molecule has 0 spiro atoms. The number of carbonyl (C=O) groups is 1. The van der Waals surface area contributed by atoms with Crippen LogP contribution >= 0.6 is 23.2 Å². The topological polar surface area (TPSA) is 47.6 Å². The van der Waals surface area contributed by atoms with Gasteiger partial charge in [-0.25, -0.2) is 0 Å². The van der Waals surface area contributed by atoms with Crippen molar-refractivity contribution in [2.24, 2.45) is 0 Å². The zero-order valence-corrected chi connectivity index (χ0v) is 12.8. The van der Waals surface area contributed by atoms with Crippen molar-refractivity contribution in [3.8, 4) is 5.75 Å². The number of ether oxygens (including phenoxy) is 2. The second kappa shape index (κ2) is 6.66. The van der Waals surface area contributed by atoms with Crippen LogP contribution in [-0.2, 0) is 4.74 Å². The molecule has 0 bridgehead atoms. The molecule has 1 heterocycles. The van der Waals surface area contributed by atoms with Crippen LogP contribution in [0.4, 0.5) is 0 Å². The second-order valence-corrected chi connectivity index (χ2v) is 5.53. The first kappa shape index (κ1) is 15.4. The van der Waals surface area contributed by atoms with Crippen LogP contribution in [0.1, 0.15) is 23.2 Å². The lowest BCUT2D eigenvalue weighted by Gasteiger charge is -2.36. The Labute approximate surface area is 128 Å². The van der Waals surface area contributed by atoms with Gasteiger partial charge in [0.05, 0.1) is 18.2 Å². The lowest BCUT2D eigenvalue weighted by atomic mass is 9.91. The number of methoxy groups -OCH3 is 1. The molecule has 0 aromatic heterocycles. The Kier molecular flexibility index (Phi) is 5.13. The van der Waals surface area contributed by atoms with E-state index in [4.69, 9.17) is 32.7 Å². The molecule has 1 N–H and O–H groups in total. The van der Waals surface area contributed by atoms with Crippen molar-refractivity contribution in [2.75, 3.05) is 26.2 Å². The summed E-state index contributed by atoms with van der Waals surface area (Å²) in [5.41, 5.74) is 0.0366. The molecule has 1 aromatic carbocycles. The molecule has 2 rings (SSSR count). The first-order valence-corrected chi connectivity index (χ1v) is 7.31. The van der Waals surface area contributed by atoms with Crippen molar-refractivity contribution in [1.29, 1.82) is 0 Å². The van der Waals surface area contributed by atoms with Gasteiger partial charge in [0.2, 0.25) is 0 Å². The maximum atomic E-state index is 12.4. The molecule has 1 amide bonds. The molecule has 0 saturated carbocycles. The van der Waals surface area contributed by atoms with Crippen LogP contribution in [0.2, 0.25) is 5.02 Å². The summed E-state index contributed by atoms with van der Waals surface area (Å²) >= 11 is 11.9. The Balaban J connectivity index is 2.18. The Bertz CT molecular complexity index is 487. The van der Waals surface area contributed by atoms with Crippen LogP contribution in [0.3, 0.4) is 0 Å². The highest BCUT2D eigenvalue weighted by Crippen LogP contribution is 2.26. The number of hydrogen-bond donors (Lipinski definition) is 1. The Morgan fingerprint density at radius 3 is 2.75 bits per heavy atom. The van der Waals surface area contributed by atoms with Gasteiger partial charge < -0.3 is 14.8 Å². The van der Waals surface area contributed by atoms with Gasteiger partial charge in [0.15, 0.2) is 0 Å². The lowest BCUT2D eigenvalue weighted by molar-refractivity contribution is 0.0433. The lowest BCUT2D eigenvalue weighted by Crippen LogP contribution is -2.53. The average molecular weight is 318 g/mol. The van der Waals surface area contributed by atoms with E-state index in [0.717, 1.165) is 0 Å². The fraction of sp³-hybridized carbons (Fsp3) is 0.500. The zero-order valence-electron chi connectivity index (χ0n) is 11.2. The molecule has 0 unspecified atom stereocenters. The highest BCUT2D eigenvalue weighted by atomic mass is 35.5. The van der Waals surface area contributed by atoms with Gasteiger partial charge in [0.25, 0.3) is 5.91 Å². The average Bonchev–Trinajstić information content (AvgIpc) is 2.47. The Hall–Kier alpha value is -0.970. The summed E-state index contributed by atoms with van der Waals surface area (Å²) in [5, 5.41) is 3.54. The number of halogens is 2. The summed E-state index contributed by atoms with van der Waals surface area (Å²) in [5.74, 6) is 0.603. The SMILES string of the molecule is COc1cc(Cl)ccc1C(=O)NC1(CCl)CCOCC1. The van der Waals surface area contributed by atoms with E-state index in [-0.39, 0.29) is 5.91 Å². The maximum Gasteiger partial charge on any atom is 0.255 e. The van der Waals surface area contributed by atoms with Crippen molar-refractivity contribution in [3.63, 3.8) is 0 Å². The first-order valence-electron chi connectivity index (χ1n) is 6.40. The quantitative estimate of drug-likeness (QED) is 0.869. The van der Waals surface area contributed by atoms with Gasteiger partial charge in [0, 0.05) is 24.1 Å². The summed E-state index contributed by atoms with van der Waals surface area (Å²) < 4.78 is 10.5. The van der Waals surface area contributed by atoms with E-state index in [1.807, 2.05) is 0 Å². The van der Waals surface area contributed by atoms with Gasteiger partial charge in [-0.2, -0.15) is 0 Å². The largest absolute Gasteiger partial charge is 0.496 e. The van der Waals surface area contributed by atoms with Crippen molar-refractivity contribution >= 4 is 29.1 Å². The number of hydrogen-bond acceptors (Lipinski definition) is 3. The highest BCUT2D eigenvalue weighted by molar-refractivity contribution is 6.30. The number of nitrogens with one attached hydrogen (secondary N) is 1. The van der Waals surface area contributed by atoms with Gasteiger partial charge in [-0.15, -0.1) is 11.6 Å². The second-order valence-electron chi connectivity index (χ2n) is 4.83. The zero-order chi connectivity index (χ0) is 14.6. The minimum Gasteiger partial charge on any atom is -0.496 e. The number of carbonyl (C=O) groups excluding carboxylic acids is 1. The predicted molar refractivity (Wildman–Crippen MR) is 79.0 cm³/mol. The molecule has 1 saturated heterocycles. The number of amides is 1. The van der Waals surface area contributed by atoms with Crippen LogP contribution in [-0.4, -0.2) is 37.6 Å². The minimum absolute atomic E-state index is 0.207. The van der Waals surface area contributed by atoms with E-state index in [1.165, 1.54) is 7.11 Å². The van der Waals surface area contributed by atoms with E-state index in [2.05, 4.69) is 5.32 Å². The maximum absolute atomic E-state index is 12.4. The molecule has 1 fully saturated rings. The standard InChI is InChI=1S/C14H17Cl2NO3/c1-19-12-8-10(16)2-3-11(12)13(18)17-14(9-15)4-6-20-7-5-14/h2-3,8H,4-7,9H2,1H3,(H,17,18). The van der Waals surface area contributed by atoms with Crippen LogP contribution in [0.15, 0.2) is 18.2 Å². The van der Waals surface area contributed by atoms with Gasteiger partial charge in [-0.1, -0.05) is 11.6 Å². The molecule has 1 aromatic rings. The van der Waals surface area contributed by atoms with E-state index < -0.39 is 5.54 Å². The molecule has 0 aliphatic carbocycles. The molecule has 1 aliphatic heterocycles. The van der Waals surface area contributed by atoms with Crippen LogP contribution < -0.4 is 10.1 Å². The van der Waals surface area contributed by atoms with Crippen molar-refractivity contribution in [3.05, 3.63) is 28.8 Å². The molecule has 1 aliphatic rings. The summed E-state index contributed by atoms with van der Waals surface area (Å²) in [4.78, 5) is 12.4. The fourth-order valence-electron chi connectivity index (χ4n) is 2.21. The molecular formula is C14H17Cl2NO3. The molecule has 0 atom stereocenters. The van der Waals surface area contributed by atoms with E-state index in [1.54, 1.807) is 18.2 Å². The highest BCUT2D eigenvalue weighted by Gasteiger charge is 2.34. The van der Waals surface area contributed by atoms with Gasteiger partial charge >= 0.3 is 0 Å². The van der Waals surface area contributed by atoms with E-state index in [9.17, 15) is 4.79 Å². The van der Waals surface area contributed by atoms with Crippen LogP contribution in [0.5, 0.6) is 5.75 Å². The molecular weight excluding hydrogens is 301 g/mol. The molecule has 6 heteroatoms. The predicted octanol–water partition coefficient (Wildman–Crippen LogP) is 2.87. The summed E-state index contributed by atoms with van der Waals surface area (Å²) in [7, 11) is 1.51. The molecule has 0 radical (unpaired) electrons. The van der Waals surface area contributed by atoms with Gasteiger partial charge in [0.1, 0.15) is 5.75 Å². The molecule has 110 valence electrons. The third-order valence-corrected chi connectivity index (χ3v) is 4.24. The summed E-state index contributed by atoms with van der Waals surface area (Å²) in [6.45, 7) is 1.20. The van der Waals surface area contributed by atoms with E-state index in [0.29, 0.717) is 48.3 Å². The monoisotopic (exact) mass is 317 g/mol. The third kappa shape index (κ3) is 3.37. The van der Waals surface area contributed by atoms with Crippen molar-refractivity contribution in [2.45, 2.75) is 18.4 Å². The Morgan fingerprint density at radius 2 is 2.15 bits per heavy atom. The van der Waals surface area contributed by atoms with Gasteiger partial charge in [-0.3, -0.25) is 4.79 Å². The first-order chi connectivity index (χ1) is 9.60. The minimum atomic E-state index is -0.415. The molecule has 20 heavy (non-hydrogen) atoms.